The van der Waals surface area contributed by atoms with Crippen molar-refractivity contribution in [3.8, 4) is 0 Å². The minimum atomic E-state index is -3.67. The summed E-state index contributed by atoms with van der Waals surface area (Å²) in [4.78, 5) is 3.89. The van der Waals surface area contributed by atoms with E-state index in [-0.39, 0.29) is 11.4 Å². The molecule has 7 heteroatoms. The van der Waals surface area contributed by atoms with Crippen LogP contribution in [0.5, 0.6) is 0 Å². The molecule has 0 unspecified atom stereocenters. The average Bonchev–Trinajstić information content (AvgIpc) is 2.90. The van der Waals surface area contributed by atoms with Crippen LogP contribution in [0.15, 0.2) is 41.8 Å². The zero-order valence-electron chi connectivity index (χ0n) is 11.1. The molecule has 108 valence electrons. The Morgan fingerprint density at radius 1 is 1.40 bits per heavy atom. The van der Waals surface area contributed by atoms with Crippen LogP contribution < -0.4 is 4.72 Å². The van der Waals surface area contributed by atoms with E-state index in [2.05, 4.69) is 9.71 Å². The van der Waals surface area contributed by atoms with Crippen molar-refractivity contribution in [3.63, 3.8) is 0 Å². The number of benzene rings is 1. The second-order valence-corrected chi connectivity index (χ2v) is 6.20. The molecule has 0 saturated heterocycles. The van der Waals surface area contributed by atoms with E-state index in [4.69, 9.17) is 0 Å². The first-order valence-corrected chi connectivity index (χ1v) is 7.69. The van der Waals surface area contributed by atoms with E-state index in [0.29, 0.717) is 18.5 Å². The Labute approximate surface area is 117 Å². The number of nitrogens with one attached hydrogen (secondary N) is 1. The maximum Gasteiger partial charge on any atom is 0.240 e. The fourth-order valence-corrected chi connectivity index (χ4v) is 3.16. The molecule has 2 aromatic rings. The molecule has 0 fully saturated rings. The van der Waals surface area contributed by atoms with Gasteiger partial charge in [0.15, 0.2) is 0 Å². The van der Waals surface area contributed by atoms with Gasteiger partial charge in [-0.05, 0) is 31.0 Å². The number of hydrogen-bond donors (Lipinski definition) is 1. The predicted octanol–water partition coefficient (Wildman–Crippen LogP) is 1.70. The normalized spacial score (nSPS) is 11.7. The zero-order chi connectivity index (χ0) is 14.6. The average molecular weight is 297 g/mol. The van der Waals surface area contributed by atoms with Gasteiger partial charge >= 0.3 is 0 Å². The van der Waals surface area contributed by atoms with Crippen LogP contribution in [-0.2, 0) is 16.6 Å². The van der Waals surface area contributed by atoms with Gasteiger partial charge in [-0.2, -0.15) is 0 Å². The van der Waals surface area contributed by atoms with Gasteiger partial charge in [-0.25, -0.2) is 22.5 Å². The van der Waals surface area contributed by atoms with Gasteiger partial charge < -0.3 is 4.57 Å². The Balaban J connectivity index is 1.95. The number of sulfonamides is 1. The topological polar surface area (TPSA) is 64.0 Å². The standard InChI is InChI=1S/C13H16FN3O2S/c1-11-3-4-12(14)9-13(11)20(18,19)16-5-2-7-17-8-6-15-10-17/h3-4,6,8-10,16H,2,5,7H2,1H3. The molecule has 1 N–H and O–H groups in total. The molecule has 0 spiro atoms. The van der Waals surface area contributed by atoms with Gasteiger partial charge in [0.2, 0.25) is 10.0 Å². The Hall–Kier alpha value is -1.73. The summed E-state index contributed by atoms with van der Waals surface area (Å²) in [5.74, 6) is -0.561. The van der Waals surface area contributed by atoms with Crippen LogP contribution in [0.4, 0.5) is 4.39 Å². The van der Waals surface area contributed by atoms with Gasteiger partial charge in [-0.3, -0.25) is 0 Å². The highest BCUT2D eigenvalue weighted by Gasteiger charge is 2.16. The van der Waals surface area contributed by atoms with Crippen LogP contribution in [0, 0.1) is 12.7 Å². The number of imidazole rings is 1. The fraction of sp³-hybridized carbons (Fsp3) is 0.308. The number of hydrogen-bond acceptors (Lipinski definition) is 3. The number of rotatable bonds is 6. The summed E-state index contributed by atoms with van der Waals surface area (Å²) in [6, 6.07) is 3.73. The molecule has 0 aliphatic rings. The van der Waals surface area contributed by atoms with Gasteiger partial charge in [-0.1, -0.05) is 6.07 Å². The van der Waals surface area contributed by atoms with Crippen LogP contribution >= 0.6 is 0 Å². The highest BCUT2D eigenvalue weighted by molar-refractivity contribution is 7.89. The Morgan fingerprint density at radius 3 is 2.90 bits per heavy atom. The molecular formula is C13H16FN3O2S. The molecule has 0 aliphatic carbocycles. The minimum absolute atomic E-state index is 0.0138. The number of halogens is 1. The van der Waals surface area contributed by atoms with Crippen LogP contribution in [0.2, 0.25) is 0 Å². The summed E-state index contributed by atoms with van der Waals surface area (Å²) in [6.07, 6.45) is 5.78. The van der Waals surface area contributed by atoms with Crippen molar-refractivity contribution in [2.24, 2.45) is 0 Å². The fourth-order valence-electron chi connectivity index (χ4n) is 1.83. The number of nitrogens with zero attached hydrogens (tertiary/aromatic N) is 2. The number of aromatic nitrogens is 2. The summed E-state index contributed by atoms with van der Waals surface area (Å²) in [6.45, 7) is 2.60. The number of aryl methyl sites for hydroxylation is 2. The van der Waals surface area contributed by atoms with Crippen LogP contribution in [0.1, 0.15) is 12.0 Å². The van der Waals surface area contributed by atoms with Crippen LogP contribution in [0.3, 0.4) is 0 Å². The second kappa shape index (κ2) is 6.15. The Bertz CT molecular complexity index is 669. The molecular weight excluding hydrogens is 281 g/mol. The van der Waals surface area contributed by atoms with Gasteiger partial charge in [0.25, 0.3) is 0 Å². The zero-order valence-corrected chi connectivity index (χ0v) is 11.9. The first kappa shape index (κ1) is 14.7. The van der Waals surface area contributed by atoms with Gasteiger partial charge in [-0.15, -0.1) is 0 Å². The molecule has 0 bridgehead atoms. The van der Waals surface area contributed by atoms with Crippen molar-refractivity contribution in [1.29, 1.82) is 0 Å². The molecule has 0 aliphatic heterocycles. The lowest BCUT2D eigenvalue weighted by Crippen LogP contribution is -2.26. The SMILES string of the molecule is Cc1ccc(F)cc1S(=O)(=O)NCCCn1ccnc1. The first-order valence-electron chi connectivity index (χ1n) is 6.20. The molecule has 0 atom stereocenters. The van der Waals surface area contributed by atoms with Gasteiger partial charge in [0.05, 0.1) is 11.2 Å². The summed E-state index contributed by atoms with van der Waals surface area (Å²) < 4.78 is 41.6. The largest absolute Gasteiger partial charge is 0.337 e. The molecule has 1 heterocycles. The van der Waals surface area contributed by atoms with Crippen molar-refractivity contribution in [2.75, 3.05) is 6.54 Å². The lowest BCUT2D eigenvalue weighted by molar-refractivity contribution is 0.566. The lowest BCUT2D eigenvalue weighted by Gasteiger charge is -2.09. The second-order valence-electron chi connectivity index (χ2n) is 4.46. The molecule has 0 radical (unpaired) electrons. The maximum atomic E-state index is 13.1. The smallest absolute Gasteiger partial charge is 0.240 e. The molecule has 0 amide bonds. The van der Waals surface area contributed by atoms with E-state index >= 15 is 0 Å². The first-order chi connectivity index (χ1) is 9.49. The van der Waals surface area contributed by atoms with Gasteiger partial charge in [0.1, 0.15) is 5.82 Å². The third kappa shape index (κ3) is 3.64. The van der Waals surface area contributed by atoms with Crippen molar-refractivity contribution in [1.82, 2.24) is 14.3 Å². The maximum absolute atomic E-state index is 13.1. The molecule has 20 heavy (non-hydrogen) atoms. The van der Waals surface area contributed by atoms with Crippen molar-refractivity contribution in [3.05, 3.63) is 48.3 Å². The van der Waals surface area contributed by atoms with E-state index in [0.717, 1.165) is 6.07 Å². The molecule has 1 aromatic carbocycles. The van der Waals surface area contributed by atoms with Crippen LogP contribution in [-0.4, -0.2) is 24.5 Å². The Morgan fingerprint density at radius 2 is 2.20 bits per heavy atom. The van der Waals surface area contributed by atoms with E-state index in [1.807, 2.05) is 10.8 Å². The third-order valence-electron chi connectivity index (χ3n) is 2.88. The molecule has 1 aromatic heterocycles. The van der Waals surface area contributed by atoms with Crippen molar-refractivity contribution < 1.29 is 12.8 Å². The van der Waals surface area contributed by atoms with Crippen molar-refractivity contribution in [2.45, 2.75) is 24.8 Å². The predicted molar refractivity (Wildman–Crippen MR) is 73.2 cm³/mol. The monoisotopic (exact) mass is 297 g/mol. The highest BCUT2D eigenvalue weighted by Crippen LogP contribution is 2.16. The molecule has 5 nitrogen and oxygen atoms in total. The quantitative estimate of drug-likeness (QED) is 0.825. The summed E-state index contributed by atoms with van der Waals surface area (Å²) in [5.41, 5.74) is 0.522. The van der Waals surface area contributed by atoms with E-state index < -0.39 is 15.8 Å². The van der Waals surface area contributed by atoms with E-state index in [1.54, 1.807) is 19.4 Å². The summed E-state index contributed by atoms with van der Waals surface area (Å²) in [7, 11) is -3.67. The summed E-state index contributed by atoms with van der Waals surface area (Å²) in [5, 5.41) is 0. The molecule has 2 rings (SSSR count). The highest BCUT2D eigenvalue weighted by atomic mass is 32.2. The van der Waals surface area contributed by atoms with Crippen molar-refractivity contribution >= 4 is 10.0 Å². The Kier molecular flexibility index (Phi) is 4.51. The van der Waals surface area contributed by atoms with Gasteiger partial charge in [0, 0.05) is 25.5 Å². The van der Waals surface area contributed by atoms with Crippen LogP contribution in [0.25, 0.3) is 0 Å². The third-order valence-corrected chi connectivity index (χ3v) is 4.49. The van der Waals surface area contributed by atoms with E-state index in [9.17, 15) is 12.8 Å². The molecule has 0 saturated carbocycles. The van der Waals surface area contributed by atoms with E-state index in [1.165, 1.54) is 12.1 Å². The minimum Gasteiger partial charge on any atom is -0.337 e. The lowest BCUT2D eigenvalue weighted by atomic mass is 10.2. The summed E-state index contributed by atoms with van der Waals surface area (Å²) >= 11 is 0.